The summed E-state index contributed by atoms with van der Waals surface area (Å²) in [4.78, 5) is 62.3. The zero-order valence-electron chi connectivity index (χ0n) is 33.0. The lowest BCUT2D eigenvalue weighted by molar-refractivity contribution is -0.239. The van der Waals surface area contributed by atoms with Crippen molar-refractivity contribution < 1.29 is 48.8 Å². The Morgan fingerprint density at radius 2 is 1.74 bits per heavy atom. The average Bonchev–Trinajstić information content (AvgIpc) is 3.71. The highest BCUT2D eigenvalue weighted by atomic mass is 16.7. The van der Waals surface area contributed by atoms with E-state index < -0.39 is 65.4 Å². The molecule has 1 saturated heterocycles. The Balaban J connectivity index is 0.935. The van der Waals surface area contributed by atoms with Crippen LogP contribution >= 0.6 is 0 Å². The monoisotopic (exact) mass is 787 g/mol. The lowest BCUT2D eigenvalue weighted by Gasteiger charge is -2.60. The molecule has 7 fully saturated rings. The maximum absolute atomic E-state index is 14.1. The molecule has 1 aliphatic heterocycles. The zero-order chi connectivity index (χ0) is 40.5. The maximum Gasteiger partial charge on any atom is 0.303 e. The first-order valence-electron chi connectivity index (χ1n) is 20.8. The van der Waals surface area contributed by atoms with Gasteiger partial charge in [0, 0.05) is 34.3 Å². The van der Waals surface area contributed by atoms with Crippen molar-refractivity contribution in [3.05, 3.63) is 53.6 Å². The van der Waals surface area contributed by atoms with Gasteiger partial charge in [0.2, 0.25) is 11.8 Å². The first-order chi connectivity index (χ1) is 27.1. The molecule has 6 saturated carbocycles. The van der Waals surface area contributed by atoms with Crippen LogP contribution in [0.2, 0.25) is 0 Å². The Morgan fingerprint density at radius 1 is 1.04 bits per heavy atom. The van der Waals surface area contributed by atoms with Gasteiger partial charge in [-0.25, -0.2) is 0 Å². The number of aliphatic hydroxyl groups excluding tert-OH is 2. The van der Waals surface area contributed by atoms with E-state index >= 15 is 0 Å². The number of aliphatic carboxylic acids is 1. The zero-order valence-corrected chi connectivity index (χ0v) is 33.0. The summed E-state index contributed by atoms with van der Waals surface area (Å²) in [5.41, 5.74) is 5.48. The van der Waals surface area contributed by atoms with Crippen LogP contribution < -0.4 is 16.4 Å². The lowest BCUT2D eigenvalue weighted by atomic mass is 9.46. The standard InChI is InChI=1S/C44H57N3O10/c1-40-12-11-28(49)19-26(40)5-8-29-30-20-34-44(33(51)24-48,41(30,2)22-32(50)37(29)40)57-39(56-34)43-16-13-42(14-17-43,15-18-43)21-25-3-6-27(7-4-25)46-38(55)31(9-10-36(53)54)47-35(52)23-45/h3-4,6-7,11-12,19,29-32,34,37,39,48,50H,5,8-10,13-18,20-24,45H2,1-2H3,(H,46,55)(H,47,52)(H,53,54)/t29-,30-,31-,32-,34+,37+,39+,40-,41-,42?,43?,44+/m0/s1. The van der Waals surface area contributed by atoms with Crippen LogP contribution in [0, 0.1) is 39.4 Å². The van der Waals surface area contributed by atoms with Crippen molar-refractivity contribution in [1.29, 1.82) is 0 Å². The van der Waals surface area contributed by atoms with E-state index in [-0.39, 0.29) is 59.5 Å². The van der Waals surface area contributed by atoms with Crippen LogP contribution in [0.5, 0.6) is 0 Å². The van der Waals surface area contributed by atoms with E-state index in [0.29, 0.717) is 18.5 Å². The number of nitrogens with one attached hydrogen (secondary N) is 2. The number of hydrogen-bond acceptors (Lipinski definition) is 10. The molecule has 13 heteroatoms. The van der Waals surface area contributed by atoms with Crippen LogP contribution in [-0.2, 0) is 39.9 Å². The third kappa shape index (κ3) is 6.43. The average molecular weight is 788 g/mol. The predicted octanol–water partition coefficient (Wildman–Crippen LogP) is 3.75. The highest BCUT2D eigenvalue weighted by Gasteiger charge is 2.77. The van der Waals surface area contributed by atoms with Gasteiger partial charge in [-0.2, -0.15) is 0 Å². The number of aliphatic hydroxyl groups is 2. The van der Waals surface area contributed by atoms with Gasteiger partial charge in [-0.1, -0.05) is 37.6 Å². The fraction of sp³-hybridized carbons (Fsp3) is 0.659. The second kappa shape index (κ2) is 14.5. The fourth-order valence-electron chi connectivity index (χ4n) is 13.0. The third-order valence-electron chi connectivity index (χ3n) is 16.0. The number of carboxylic acids is 1. The Bertz CT molecular complexity index is 1870. The molecule has 0 unspecified atom stereocenters. The summed E-state index contributed by atoms with van der Waals surface area (Å²) in [7, 11) is 0. The normalized spacial score (nSPS) is 40.6. The number of Topliss-reactive ketones (excluding diaryl/α,β-unsaturated/α-hetero) is 1. The smallest absolute Gasteiger partial charge is 0.303 e. The minimum absolute atomic E-state index is 0.00874. The van der Waals surface area contributed by atoms with E-state index in [1.165, 1.54) is 0 Å². The van der Waals surface area contributed by atoms with E-state index in [1.807, 2.05) is 30.3 Å². The van der Waals surface area contributed by atoms with E-state index in [1.54, 1.807) is 12.2 Å². The van der Waals surface area contributed by atoms with Crippen molar-refractivity contribution in [1.82, 2.24) is 5.32 Å². The third-order valence-corrected chi connectivity index (χ3v) is 16.0. The van der Waals surface area contributed by atoms with Gasteiger partial charge < -0.3 is 41.2 Å². The molecule has 9 rings (SSSR count). The summed E-state index contributed by atoms with van der Waals surface area (Å²) < 4.78 is 14.0. The van der Waals surface area contributed by atoms with Crippen LogP contribution in [-0.4, -0.2) is 88.0 Å². The Hall–Kier alpha value is -3.75. The molecule has 0 radical (unpaired) electrons. The quantitative estimate of drug-likeness (QED) is 0.180. The minimum atomic E-state index is -1.34. The van der Waals surface area contributed by atoms with E-state index in [9.17, 15) is 34.2 Å². The van der Waals surface area contributed by atoms with Gasteiger partial charge in [0.1, 0.15) is 12.6 Å². The summed E-state index contributed by atoms with van der Waals surface area (Å²) in [6.45, 7) is 3.26. The summed E-state index contributed by atoms with van der Waals surface area (Å²) in [6.07, 6.45) is 12.2. The second-order valence-electron chi connectivity index (χ2n) is 18.8. The van der Waals surface area contributed by atoms with Crippen molar-refractivity contribution in [2.75, 3.05) is 18.5 Å². The van der Waals surface area contributed by atoms with Gasteiger partial charge in [0.25, 0.3) is 0 Å². The maximum atomic E-state index is 14.1. The highest BCUT2D eigenvalue weighted by molar-refractivity contribution is 6.01. The molecule has 1 aromatic rings. The number of carboxylic acid groups (broad SMARTS) is 1. The Kier molecular flexibility index (Phi) is 10.2. The van der Waals surface area contributed by atoms with E-state index in [0.717, 1.165) is 68.9 Å². The number of ketones is 2. The first kappa shape index (κ1) is 40.0. The van der Waals surface area contributed by atoms with Crippen molar-refractivity contribution in [3.63, 3.8) is 0 Å². The number of hydrogen-bond donors (Lipinski definition) is 6. The SMILES string of the molecule is C[C@]12C=CC(=O)C=C1CC[C@@H]1[C@@H]2[C@@H](O)C[C@@]2(C)[C@H]1C[C@H]1O[C@@H](C34CCC(Cc5ccc(NC(=O)[C@H](CCC(=O)O)NC(=O)CN)cc5)(CC3)CC4)O[C@]12C(=O)CO. The number of ether oxygens (including phenoxy) is 2. The van der Waals surface area contributed by atoms with Crippen LogP contribution in [0.1, 0.15) is 96.5 Å². The summed E-state index contributed by atoms with van der Waals surface area (Å²) in [5.74, 6) is -2.41. The number of nitrogens with two attached hydrogens (primary N) is 1. The highest BCUT2D eigenvalue weighted by Crippen LogP contribution is 2.71. The molecule has 308 valence electrons. The molecule has 13 nitrogen and oxygen atoms in total. The molecule has 57 heavy (non-hydrogen) atoms. The number of carbonyl (C=O) groups excluding carboxylic acids is 4. The summed E-state index contributed by atoms with van der Waals surface area (Å²) in [5, 5.41) is 36.9. The molecule has 1 heterocycles. The Labute approximate surface area is 333 Å². The topological polar surface area (TPSA) is 215 Å². The molecular weight excluding hydrogens is 730 g/mol. The van der Waals surface area contributed by atoms with Gasteiger partial charge in [-0.3, -0.25) is 24.0 Å². The number of carbonyl (C=O) groups is 5. The lowest BCUT2D eigenvalue weighted by Crippen LogP contribution is -2.64. The number of allylic oxidation sites excluding steroid dienone is 4. The molecule has 0 spiro atoms. The number of benzene rings is 1. The first-order valence-corrected chi connectivity index (χ1v) is 20.8. The molecule has 7 N–H and O–H groups in total. The van der Waals surface area contributed by atoms with Gasteiger partial charge in [0.05, 0.1) is 18.8 Å². The predicted molar refractivity (Wildman–Crippen MR) is 207 cm³/mol. The van der Waals surface area contributed by atoms with E-state index in [4.69, 9.17) is 20.3 Å². The van der Waals surface area contributed by atoms with Gasteiger partial charge in [-0.05, 0) is 124 Å². The molecule has 2 amide bonds. The molecule has 1 aromatic carbocycles. The van der Waals surface area contributed by atoms with Crippen LogP contribution in [0.25, 0.3) is 0 Å². The van der Waals surface area contributed by atoms with E-state index in [2.05, 4.69) is 24.5 Å². The Morgan fingerprint density at radius 3 is 2.39 bits per heavy atom. The van der Waals surface area contributed by atoms with Crippen LogP contribution in [0.15, 0.2) is 48.1 Å². The molecule has 10 atom stereocenters. The molecule has 0 aromatic heterocycles. The molecular formula is C44H57N3O10. The number of rotatable bonds is 12. The minimum Gasteiger partial charge on any atom is -0.481 e. The number of amides is 2. The summed E-state index contributed by atoms with van der Waals surface area (Å²) >= 11 is 0. The molecule has 8 aliphatic rings. The fourth-order valence-corrected chi connectivity index (χ4v) is 13.0. The summed E-state index contributed by atoms with van der Waals surface area (Å²) in [6, 6.07) is 6.61. The van der Waals surface area contributed by atoms with Crippen LogP contribution in [0.3, 0.4) is 0 Å². The number of anilines is 1. The van der Waals surface area contributed by atoms with Gasteiger partial charge in [0.15, 0.2) is 23.5 Å². The van der Waals surface area contributed by atoms with Crippen molar-refractivity contribution in [2.24, 2.45) is 45.1 Å². The largest absolute Gasteiger partial charge is 0.481 e. The van der Waals surface area contributed by atoms with Crippen molar-refractivity contribution in [3.8, 4) is 0 Å². The van der Waals surface area contributed by atoms with Gasteiger partial charge in [-0.15, -0.1) is 0 Å². The van der Waals surface area contributed by atoms with Crippen molar-refractivity contribution >= 4 is 35.0 Å². The van der Waals surface area contributed by atoms with Crippen LogP contribution in [0.4, 0.5) is 5.69 Å². The number of fused-ring (bicyclic) bond motifs is 10. The second-order valence-corrected chi connectivity index (χ2v) is 18.8. The van der Waals surface area contributed by atoms with Gasteiger partial charge >= 0.3 is 5.97 Å². The molecule has 2 bridgehead atoms. The van der Waals surface area contributed by atoms with Crippen molar-refractivity contribution in [2.45, 2.75) is 127 Å². The molecule has 7 aliphatic carbocycles.